The third kappa shape index (κ3) is 4.49. The predicted molar refractivity (Wildman–Crippen MR) is 62.3 cm³/mol. The van der Waals surface area contributed by atoms with Gasteiger partial charge in [-0.15, -0.1) is 0 Å². The van der Waals surface area contributed by atoms with Crippen molar-refractivity contribution < 1.29 is 14.3 Å². The van der Waals surface area contributed by atoms with Crippen molar-refractivity contribution in [3.05, 3.63) is 0 Å². The highest BCUT2D eigenvalue weighted by Gasteiger charge is 2.21. The minimum Gasteiger partial charge on any atom is -0.468 e. The van der Waals surface area contributed by atoms with E-state index in [-0.39, 0.29) is 5.97 Å². The van der Waals surface area contributed by atoms with Crippen LogP contribution in [-0.4, -0.2) is 50.3 Å². The molecule has 1 aliphatic rings. The maximum absolute atomic E-state index is 11.3. The minimum atomic E-state index is -0.152. The average molecular weight is 229 g/mol. The lowest BCUT2D eigenvalue weighted by molar-refractivity contribution is -0.142. The molecular formula is C12H23NO3. The lowest BCUT2D eigenvalue weighted by Crippen LogP contribution is -2.40. The summed E-state index contributed by atoms with van der Waals surface area (Å²) in [5.41, 5.74) is 0. The van der Waals surface area contributed by atoms with Crippen molar-refractivity contribution in [1.82, 2.24) is 4.90 Å². The number of carbonyl (C=O) groups is 1. The third-order valence-corrected chi connectivity index (χ3v) is 3.12. The number of nitrogens with zero attached hydrogens (tertiary/aromatic N) is 1. The first-order valence-electron chi connectivity index (χ1n) is 6.02. The zero-order valence-corrected chi connectivity index (χ0v) is 10.6. The maximum Gasteiger partial charge on any atom is 0.319 e. The molecule has 0 aromatic rings. The Morgan fingerprint density at radius 3 is 2.56 bits per heavy atom. The van der Waals surface area contributed by atoms with Crippen molar-refractivity contribution in [3.8, 4) is 0 Å². The van der Waals surface area contributed by atoms with Gasteiger partial charge in [0.1, 0.15) is 0 Å². The Balaban J connectivity index is 2.40. The van der Waals surface area contributed by atoms with Gasteiger partial charge >= 0.3 is 5.97 Å². The van der Waals surface area contributed by atoms with E-state index in [2.05, 4.69) is 18.7 Å². The van der Waals surface area contributed by atoms with Crippen LogP contribution in [0.15, 0.2) is 0 Å². The second-order valence-corrected chi connectivity index (χ2v) is 4.66. The number of hydrogen-bond acceptors (Lipinski definition) is 4. The summed E-state index contributed by atoms with van der Waals surface area (Å²) in [7, 11) is 1.44. The summed E-state index contributed by atoms with van der Waals surface area (Å²) in [6.07, 6.45) is 2.20. The van der Waals surface area contributed by atoms with Crippen LogP contribution in [0.1, 0.15) is 26.7 Å². The highest BCUT2D eigenvalue weighted by molar-refractivity contribution is 5.71. The van der Waals surface area contributed by atoms with E-state index in [4.69, 9.17) is 9.47 Å². The van der Waals surface area contributed by atoms with Crippen LogP contribution in [0.25, 0.3) is 0 Å². The molecule has 0 N–H and O–H groups in total. The van der Waals surface area contributed by atoms with Gasteiger partial charge in [0.25, 0.3) is 0 Å². The van der Waals surface area contributed by atoms with Crippen LogP contribution in [-0.2, 0) is 14.3 Å². The van der Waals surface area contributed by atoms with E-state index in [1.807, 2.05) is 0 Å². The summed E-state index contributed by atoms with van der Waals surface area (Å²) in [4.78, 5) is 13.5. The molecule has 0 aromatic heterocycles. The molecule has 0 saturated carbocycles. The molecule has 0 unspecified atom stereocenters. The van der Waals surface area contributed by atoms with E-state index in [0.29, 0.717) is 18.5 Å². The number of ether oxygens (including phenoxy) is 2. The summed E-state index contributed by atoms with van der Waals surface area (Å²) in [5.74, 6) is 0.501. The van der Waals surface area contributed by atoms with Gasteiger partial charge in [0.2, 0.25) is 0 Å². The van der Waals surface area contributed by atoms with Crippen LogP contribution in [0.3, 0.4) is 0 Å². The van der Waals surface area contributed by atoms with Crippen molar-refractivity contribution in [1.29, 1.82) is 0 Å². The second-order valence-electron chi connectivity index (χ2n) is 4.66. The highest BCUT2D eigenvalue weighted by Crippen LogP contribution is 2.17. The first kappa shape index (κ1) is 13.5. The first-order chi connectivity index (χ1) is 7.63. The van der Waals surface area contributed by atoms with Gasteiger partial charge in [0.15, 0.2) is 0 Å². The third-order valence-electron chi connectivity index (χ3n) is 3.12. The molecule has 0 aromatic carbocycles. The lowest BCUT2D eigenvalue weighted by Gasteiger charge is -2.31. The Morgan fingerprint density at radius 1 is 1.44 bits per heavy atom. The second kappa shape index (κ2) is 6.86. The fraction of sp³-hybridized carbons (Fsp3) is 0.917. The van der Waals surface area contributed by atoms with E-state index in [9.17, 15) is 4.79 Å². The van der Waals surface area contributed by atoms with Gasteiger partial charge in [-0.05, 0) is 32.6 Å². The Kier molecular flexibility index (Phi) is 5.77. The number of hydrogen-bond donors (Lipinski definition) is 0. The molecule has 0 atom stereocenters. The maximum atomic E-state index is 11.3. The van der Waals surface area contributed by atoms with E-state index in [1.165, 1.54) is 7.11 Å². The largest absolute Gasteiger partial charge is 0.468 e. The molecular weight excluding hydrogens is 206 g/mol. The molecule has 1 aliphatic heterocycles. The predicted octanol–water partition coefficient (Wildman–Crippen LogP) is 1.30. The number of rotatable bonds is 5. The van der Waals surface area contributed by atoms with Crippen LogP contribution >= 0.6 is 0 Å². The normalized spacial score (nSPS) is 18.1. The molecule has 0 bridgehead atoms. The molecule has 16 heavy (non-hydrogen) atoms. The average Bonchev–Trinajstić information content (AvgIpc) is 2.29. The van der Waals surface area contributed by atoms with Crippen molar-refractivity contribution >= 4 is 5.97 Å². The van der Waals surface area contributed by atoms with E-state index < -0.39 is 0 Å². The van der Waals surface area contributed by atoms with Crippen LogP contribution in [0, 0.1) is 5.92 Å². The molecule has 4 nitrogen and oxygen atoms in total. The van der Waals surface area contributed by atoms with Gasteiger partial charge in [-0.25, -0.2) is 0 Å². The van der Waals surface area contributed by atoms with Gasteiger partial charge in [-0.3, -0.25) is 9.69 Å². The highest BCUT2D eigenvalue weighted by atomic mass is 16.5. The fourth-order valence-corrected chi connectivity index (χ4v) is 1.95. The molecule has 0 spiro atoms. The number of carbonyl (C=O) groups excluding carboxylic acids is 1. The zero-order valence-electron chi connectivity index (χ0n) is 10.6. The lowest BCUT2D eigenvalue weighted by atomic mass is 9.99. The van der Waals surface area contributed by atoms with Crippen LogP contribution in [0.5, 0.6) is 0 Å². The quantitative estimate of drug-likeness (QED) is 0.666. The van der Waals surface area contributed by atoms with Gasteiger partial charge in [-0.1, -0.05) is 0 Å². The molecule has 0 aliphatic carbocycles. The molecule has 1 rings (SSSR count). The smallest absolute Gasteiger partial charge is 0.319 e. The Bertz CT molecular complexity index is 212. The molecule has 94 valence electrons. The van der Waals surface area contributed by atoms with Gasteiger partial charge in [-0.2, -0.15) is 0 Å². The summed E-state index contributed by atoms with van der Waals surface area (Å²) in [6, 6.07) is 0.377. The Hall–Kier alpha value is -0.610. The van der Waals surface area contributed by atoms with E-state index >= 15 is 0 Å². The monoisotopic (exact) mass is 229 g/mol. The zero-order chi connectivity index (χ0) is 12.0. The standard InChI is InChI=1S/C12H23NO3/c1-10(2)13(9-12(14)15-3)8-11-4-6-16-7-5-11/h10-11H,4-9H2,1-3H3. The topological polar surface area (TPSA) is 38.8 Å². The minimum absolute atomic E-state index is 0.152. The molecule has 0 radical (unpaired) electrons. The molecule has 1 heterocycles. The van der Waals surface area contributed by atoms with Crippen molar-refractivity contribution in [2.75, 3.05) is 33.4 Å². The molecule has 0 amide bonds. The van der Waals surface area contributed by atoms with Crippen molar-refractivity contribution in [3.63, 3.8) is 0 Å². The summed E-state index contributed by atoms with van der Waals surface area (Å²) >= 11 is 0. The molecule has 1 fully saturated rings. The van der Waals surface area contributed by atoms with Crippen molar-refractivity contribution in [2.24, 2.45) is 5.92 Å². The Labute approximate surface area is 97.9 Å². The molecule has 1 saturated heterocycles. The number of methoxy groups -OCH3 is 1. The van der Waals surface area contributed by atoms with E-state index in [0.717, 1.165) is 32.6 Å². The van der Waals surface area contributed by atoms with Crippen LogP contribution in [0.4, 0.5) is 0 Å². The fourth-order valence-electron chi connectivity index (χ4n) is 1.95. The number of esters is 1. The molecule has 4 heteroatoms. The van der Waals surface area contributed by atoms with Gasteiger partial charge < -0.3 is 9.47 Å². The van der Waals surface area contributed by atoms with Crippen LogP contribution in [0.2, 0.25) is 0 Å². The SMILES string of the molecule is COC(=O)CN(CC1CCOCC1)C(C)C. The Morgan fingerprint density at radius 2 is 2.06 bits per heavy atom. The van der Waals surface area contributed by atoms with Crippen LogP contribution < -0.4 is 0 Å². The summed E-state index contributed by atoms with van der Waals surface area (Å²) < 4.78 is 10.0. The summed E-state index contributed by atoms with van der Waals surface area (Å²) in [6.45, 7) is 7.30. The van der Waals surface area contributed by atoms with Gasteiger partial charge in [0.05, 0.1) is 13.7 Å². The first-order valence-corrected chi connectivity index (χ1v) is 6.02. The van der Waals surface area contributed by atoms with Crippen molar-refractivity contribution in [2.45, 2.75) is 32.7 Å². The van der Waals surface area contributed by atoms with Gasteiger partial charge in [0, 0.05) is 25.8 Å². The summed E-state index contributed by atoms with van der Waals surface area (Å²) in [5, 5.41) is 0. The van der Waals surface area contributed by atoms with E-state index in [1.54, 1.807) is 0 Å².